The molecule has 1 N–H and O–H groups in total. The van der Waals surface area contributed by atoms with Crippen LogP contribution in [0.4, 0.5) is 11.4 Å². The number of rotatable bonds is 5. The third kappa shape index (κ3) is 5.97. The minimum Gasteiger partial charge on any atom is -0.497 e. The van der Waals surface area contributed by atoms with E-state index in [1.165, 1.54) is 17.3 Å². The van der Waals surface area contributed by atoms with E-state index < -0.39 is 11.5 Å². The second-order valence-corrected chi connectivity index (χ2v) is 11.5. The SMILES string of the molecule is Br.COc1ccc(N2C(SCC(=O)O)=NC(=Nc3ccc(C)cc3)C23CCC(C(C)(C)C)CC3)cc1. The molecular formula is C28H36BrN3O3S. The van der Waals surface area contributed by atoms with Gasteiger partial charge >= 0.3 is 5.97 Å². The molecule has 1 heterocycles. The summed E-state index contributed by atoms with van der Waals surface area (Å²) in [4.78, 5) is 23.8. The second kappa shape index (κ2) is 11.4. The molecule has 6 nitrogen and oxygen atoms in total. The third-order valence-corrected chi connectivity index (χ3v) is 8.12. The van der Waals surface area contributed by atoms with Gasteiger partial charge in [0.05, 0.1) is 18.6 Å². The van der Waals surface area contributed by atoms with Gasteiger partial charge in [0.2, 0.25) is 0 Å². The molecule has 0 radical (unpaired) electrons. The fourth-order valence-electron chi connectivity index (χ4n) is 5.12. The van der Waals surface area contributed by atoms with E-state index in [4.69, 9.17) is 14.7 Å². The molecule has 8 heteroatoms. The lowest BCUT2D eigenvalue weighted by Gasteiger charge is -2.47. The Labute approximate surface area is 229 Å². The van der Waals surface area contributed by atoms with Gasteiger partial charge in [-0.05, 0) is 80.3 Å². The number of carbonyl (C=O) groups is 1. The van der Waals surface area contributed by atoms with E-state index in [1.807, 2.05) is 36.4 Å². The van der Waals surface area contributed by atoms with E-state index in [0.717, 1.165) is 48.6 Å². The van der Waals surface area contributed by atoms with Gasteiger partial charge in [-0.3, -0.25) is 4.79 Å². The summed E-state index contributed by atoms with van der Waals surface area (Å²) in [6.45, 7) is 9.01. The van der Waals surface area contributed by atoms with E-state index in [1.54, 1.807) is 7.11 Å². The molecule has 1 spiro atoms. The van der Waals surface area contributed by atoms with Crippen molar-refractivity contribution < 1.29 is 14.6 Å². The lowest BCUT2D eigenvalue weighted by molar-refractivity contribution is -0.133. The van der Waals surface area contributed by atoms with Crippen molar-refractivity contribution >= 4 is 57.1 Å². The summed E-state index contributed by atoms with van der Waals surface area (Å²) in [5, 5.41) is 10.1. The predicted molar refractivity (Wildman–Crippen MR) is 156 cm³/mol. The average Bonchev–Trinajstić information content (AvgIpc) is 3.11. The van der Waals surface area contributed by atoms with Crippen LogP contribution in [0.3, 0.4) is 0 Å². The number of methoxy groups -OCH3 is 1. The van der Waals surface area contributed by atoms with Gasteiger partial charge in [0.15, 0.2) is 11.0 Å². The number of thioether (sulfide) groups is 1. The molecule has 2 aliphatic rings. The monoisotopic (exact) mass is 573 g/mol. The lowest BCUT2D eigenvalue weighted by atomic mass is 9.66. The predicted octanol–water partition coefficient (Wildman–Crippen LogP) is 7.28. The van der Waals surface area contributed by atoms with Gasteiger partial charge in [-0.25, -0.2) is 9.98 Å². The number of aliphatic carboxylic acids is 1. The van der Waals surface area contributed by atoms with E-state index in [-0.39, 0.29) is 28.1 Å². The van der Waals surface area contributed by atoms with Crippen LogP contribution < -0.4 is 9.64 Å². The standard InChI is InChI=1S/C28H35N3O3S.BrH/c1-19-6-8-21(9-7-19)29-25-28(16-14-20(15-17-28)27(2,3)4)31(26(30-25)35-18-24(32)33)22-10-12-23(34-5)13-11-22;/h6-13,20H,14-18H2,1-5H3,(H,32,33);1H. The maximum atomic E-state index is 11.5. The summed E-state index contributed by atoms with van der Waals surface area (Å²) < 4.78 is 5.38. The van der Waals surface area contributed by atoms with Crippen molar-refractivity contribution in [1.29, 1.82) is 0 Å². The molecule has 194 valence electrons. The Morgan fingerprint density at radius 1 is 1.14 bits per heavy atom. The van der Waals surface area contributed by atoms with Crippen LogP contribution in [0, 0.1) is 18.3 Å². The second-order valence-electron chi connectivity index (χ2n) is 10.6. The highest BCUT2D eigenvalue weighted by Gasteiger charge is 2.52. The maximum Gasteiger partial charge on any atom is 0.313 e. The fourth-order valence-corrected chi connectivity index (χ4v) is 5.93. The van der Waals surface area contributed by atoms with E-state index in [9.17, 15) is 9.90 Å². The van der Waals surface area contributed by atoms with Crippen LogP contribution in [0.15, 0.2) is 58.5 Å². The number of aryl methyl sites for hydroxylation is 1. The van der Waals surface area contributed by atoms with Gasteiger partial charge in [0, 0.05) is 5.69 Å². The molecule has 0 unspecified atom stereocenters. The molecule has 1 saturated carbocycles. The van der Waals surface area contributed by atoms with Crippen molar-refractivity contribution in [2.75, 3.05) is 17.8 Å². The number of amidine groups is 2. The first-order valence-corrected chi connectivity index (χ1v) is 13.1. The minimum absolute atomic E-state index is 0. The molecular weight excluding hydrogens is 538 g/mol. The summed E-state index contributed by atoms with van der Waals surface area (Å²) in [7, 11) is 1.65. The summed E-state index contributed by atoms with van der Waals surface area (Å²) in [5.74, 6) is 1.26. The smallest absolute Gasteiger partial charge is 0.313 e. The zero-order valence-corrected chi connectivity index (χ0v) is 24.2. The largest absolute Gasteiger partial charge is 0.497 e. The molecule has 4 rings (SSSR count). The van der Waals surface area contributed by atoms with Crippen LogP contribution in [0.5, 0.6) is 5.75 Å². The van der Waals surface area contributed by atoms with E-state index in [0.29, 0.717) is 11.1 Å². The molecule has 0 amide bonds. The molecule has 0 atom stereocenters. The van der Waals surface area contributed by atoms with Crippen LogP contribution in [-0.2, 0) is 4.79 Å². The molecule has 2 aromatic carbocycles. The highest BCUT2D eigenvalue weighted by Crippen LogP contribution is 2.49. The number of carboxylic acids is 1. The average molecular weight is 575 g/mol. The number of hydrogen-bond donors (Lipinski definition) is 1. The molecule has 0 saturated heterocycles. The topological polar surface area (TPSA) is 74.5 Å². The maximum absolute atomic E-state index is 11.5. The van der Waals surface area contributed by atoms with Gasteiger partial charge in [-0.2, -0.15) is 0 Å². The Hall–Kier alpha value is -2.32. The number of hydrogen-bond acceptors (Lipinski definition) is 5. The van der Waals surface area contributed by atoms with Gasteiger partial charge in [-0.1, -0.05) is 50.2 Å². The molecule has 1 aliphatic carbocycles. The van der Waals surface area contributed by atoms with Crippen molar-refractivity contribution in [3.05, 3.63) is 54.1 Å². The first-order valence-electron chi connectivity index (χ1n) is 12.2. The molecule has 0 aromatic heterocycles. The van der Waals surface area contributed by atoms with Gasteiger partial charge < -0.3 is 14.7 Å². The molecule has 2 aromatic rings. The Morgan fingerprint density at radius 2 is 1.75 bits per heavy atom. The third-order valence-electron chi connectivity index (χ3n) is 7.20. The number of halogens is 1. The zero-order valence-electron chi connectivity index (χ0n) is 21.7. The summed E-state index contributed by atoms with van der Waals surface area (Å²) >= 11 is 1.26. The van der Waals surface area contributed by atoms with Crippen LogP contribution in [0.1, 0.15) is 52.0 Å². The van der Waals surface area contributed by atoms with Crippen molar-refractivity contribution in [3.8, 4) is 5.75 Å². The first kappa shape index (κ1) is 28.3. The van der Waals surface area contributed by atoms with Crippen LogP contribution >= 0.6 is 28.7 Å². The van der Waals surface area contributed by atoms with Gasteiger partial charge in [0.1, 0.15) is 11.3 Å². The van der Waals surface area contributed by atoms with Crippen LogP contribution in [0.25, 0.3) is 0 Å². The molecule has 1 fully saturated rings. The van der Waals surface area contributed by atoms with Crippen LogP contribution in [0.2, 0.25) is 0 Å². The number of ether oxygens (including phenoxy) is 1. The number of benzene rings is 2. The Kier molecular flexibility index (Phi) is 8.93. The highest BCUT2D eigenvalue weighted by atomic mass is 79.9. The minimum atomic E-state index is -0.859. The zero-order chi connectivity index (χ0) is 25.2. The highest BCUT2D eigenvalue weighted by molar-refractivity contribution is 8.93. The quantitative estimate of drug-likeness (QED) is 0.406. The van der Waals surface area contributed by atoms with E-state index >= 15 is 0 Å². The lowest BCUT2D eigenvalue weighted by Crippen LogP contribution is -2.54. The number of anilines is 1. The van der Waals surface area contributed by atoms with Crippen molar-refractivity contribution in [2.45, 2.75) is 58.9 Å². The van der Waals surface area contributed by atoms with Crippen molar-refractivity contribution in [1.82, 2.24) is 0 Å². The summed E-state index contributed by atoms with van der Waals surface area (Å²) in [6, 6.07) is 16.1. The Morgan fingerprint density at radius 3 is 2.28 bits per heavy atom. The van der Waals surface area contributed by atoms with E-state index in [2.05, 4.69) is 44.7 Å². The Bertz CT molecular complexity index is 1120. The summed E-state index contributed by atoms with van der Waals surface area (Å²) in [5.41, 5.74) is 2.85. The molecule has 1 aliphatic heterocycles. The van der Waals surface area contributed by atoms with Crippen molar-refractivity contribution in [2.24, 2.45) is 21.3 Å². The van der Waals surface area contributed by atoms with Crippen LogP contribution in [-0.4, -0.2) is 40.5 Å². The molecule has 0 bridgehead atoms. The molecule has 36 heavy (non-hydrogen) atoms. The number of aliphatic imine (C=N–C) groups is 2. The fraction of sp³-hybridized carbons (Fsp3) is 0.464. The van der Waals surface area contributed by atoms with Crippen molar-refractivity contribution in [3.63, 3.8) is 0 Å². The Balaban J connectivity index is 0.00000361. The number of nitrogens with zero attached hydrogens (tertiary/aromatic N) is 3. The first-order chi connectivity index (χ1) is 16.6. The summed E-state index contributed by atoms with van der Waals surface area (Å²) in [6.07, 6.45) is 3.95. The number of carboxylic acid groups (broad SMARTS) is 1. The van der Waals surface area contributed by atoms with Gasteiger partial charge in [-0.15, -0.1) is 17.0 Å². The normalized spacial score (nSPS) is 22.9. The van der Waals surface area contributed by atoms with Gasteiger partial charge in [0.25, 0.3) is 0 Å².